The van der Waals surface area contributed by atoms with Gasteiger partial charge in [0.05, 0.1) is 11.9 Å². The quantitative estimate of drug-likeness (QED) is 0.711. The summed E-state index contributed by atoms with van der Waals surface area (Å²) in [5.74, 6) is 1.80. The van der Waals surface area contributed by atoms with Gasteiger partial charge in [0.15, 0.2) is 0 Å². The molecule has 3 aromatic rings. The maximum absolute atomic E-state index is 12.5. The van der Waals surface area contributed by atoms with Gasteiger partial charge in [-0.25, -0.2) is 9.97 Å². The molecule has 0 spiro atoms. The molecule has 0 bridgehead atoms. The van der Waals surface area contributed by atoms with Crippen molar-refractivity contribution in [2.75, 3.05) is 25.0 Å². The number of carbonyl (C=O) groups is 1. The van der Waals surface area contributed by atoms with Gasteiger partial charge in [-0.05, 0) is 42.9 Å². The number of amides is 1. The molecule has 4 rings (SSSR count). The number of piperidine rings is 1. The van der Waals surface area contributed by atoms with Crippen LogP contribution in [0.25, 0.3) is 10.9 Å². The Kier molecular flexibility index (Phi) is 5.80. The number of rotatable bonds is 6. The molecule has 144 valence electrons. The molecule has 28 heavy (non-hydrogen) atoms. The third-order valence-electron chi connectivity index (χ3n) is 5.55. The first-order valence-corrected chi connectivity index (χ1v) is 10.0. The van der Waals surface area contributed by atoms with E-state index in [1.54, 1.807) is 6.33 Å². The highest BCUT2D eigenvalue weighted by Gasteiger charge is 2.22. The smallest absolute Gasteiger partial charge is 0.226 e. The van der Waals surface area contributed by atoms with Crippen molar-refractivity contribution in [2.24, 2.45) is 5.92 Å². The molecule has 1 saturated heterocycles. The Morgan fingerprint density at radius 2 is 1.75 bits per heavy atom. The standard InChI is InChI=1S/C23H26N4O/c28-22(16-19-6-2-1-3-7-19)27-14-11-18(12-15-27)10-13-24-23-20-8-4-5-9-21(20)25-17-26-23/h1-9,17-18H,10-16H2,(H,24,25,26). The van der Waals surface area contributed by atoms with Crippen LogP contribution in [0.15, 0.2) is 60.9 Å². The Hall–Kier alpha value is -2.95. The zero-order valence-corrected chi connectivity index (χ0v) is 16.1. The molecule has 1 amide bonds. The predicted octanol–water partition coefficient (Wildman–Crippen LogP) is 3.91. The predicted molar refractivity (Wildman–Crippen MR) is 112 cm³/mol. The maximum Gasteiger partial charge on any atom is 0.226 e. The van der Waals surface area contributed by atoms with Gasteiger partial charge in [-0.2, -0.15) is 0 Å². The first-order valence-electron chi connectivity index (χ1n) is 10.0. The summed E-state index contributed by atoms with van der Waals surface area (Å²) >= 11 is 0. The molecule has 1 aliphatic heterocycles. The molecule has 0 atom stereocenters. The van der Waals surface area contributed by atoms with Gasteiger partial charge < -0.3 is 10.2 Å². The summed E-state index contributed by atoms with van der Waals surface area (Å²) in [6.45, 7) is 2.63. The van der Waals surface area contributed by atoms with Gasteiger partial charge in [0.1, 0.15) is 12.1 Å². The highest BCUT2D eigenvalue weighted by atomic mass is 16.2. The minimum absolute atomic E-state index is 0.246. The lowest BCUT2D eigenvalue weighted by Crippen LogP contribution is -2.39. The fraction of sp³-hybridized carbons (Fsp3) is 0.348. The molecule has 2 aromatic carbocycles. The zero-order chi connectivity index (χ0) is 19.2. The van der Waals surface area contributed by atoms with Crippen LogP contribution in [-0.4, -0.2) is 40.4 Å². The highest BCUT2D eigenvalue weighted by Crippen LogP contribution is 2.23. The van der Waals surface area contributed by atoms with Gasteiger partial charge >= 0.3 is 0 Å². The first kappa shape index (κ1) is 18.4. The molecule has 5 heteroatoms. The number of nitrogens with zero attached hydrogens (tertiary/aromatic N) is 3. The number of benzene rings is 2. The molecule has 5 nitrogen and oxygen atoms in total. The topological polar surface area (TPSA) is 58.1 Å². The van der Waals surface area contributed by atoms with Crippen LogP contribution >= 0.6 is 0 Å². The molecule has 0 saturated carbocycles. The van der Waals surface area contributed by atoms with Gasteiger partial charge in [-0.15, -0.1) is 0 Å². The minimum atomic E-state index is 0.246. The van der Waals surface area contributed by atoms with Crippen molar-refractivity contribution >= 4 is 22.6 Å². The van der Waals surface area contributed by atoms with Crippen molar-refractivity contribution in [3.63, 3.8) is 0 Å². The van der Waals surface area contributed by atoms with E-state index >= 15 is 0 Å². The van der Waals surface area contributed by atoms with E-state index in [0.29, 0.717) is 12.3 Å². The van der Waals surface area contributed by atoms with Crippen LogP contribution in [0.2, 0.25) is 0 Å². The lowest BCUT2D eigenvalue weighted by atomic mass is 9.93. The highest BCUT2D eigenvalue weighted by molar-refractivity contribution is 5.88. The van der Waals surface area contributed by atoms with Crippen molar-refractivity contribution in [1.29, 1.82) is 0 Å². The largest absolute Gasteiger partial charge is 0.369 e. The van der Waals surface area contributed by atoms with Crippen LogP contribution in [0.1, 0.15) is 24.8 Å². The number of fused-ring (bicyclic) bond motifs is 1. The van der Waals surface area contributed by atoms with Crippen LogP contribution in [0.3, 0.4) is 0 Å². The lowest BCUT2D eigenvalue weighted by molar-refractivity contribution is -0.131. The van der Waals surface area contributed by atoms with Crippen LogP contribution in [0.5, 0.6) is 0 Å². The number of anilines is 1. The number of hydrogen-bond donors (Lipinski definition) is 1. The Balaban J connectivity index is 1.23. The summed E-state index contributed by atoms with van der Waals surface area (Å²) in [6.07, 6.45) is 5.37. The van der Waals surface area contributed by atoms with Crippen LogP contribution in [0, 0.1) is 5.92 Å². The van der Waals surface area contributed by atoms with Crippen molar-refractivity contribution < 1.29 is 4.79 Å². The molecular weight excluding hydrogens is 348 g/mol. The fourth-order valence-corrected chi connectivity index (χ4v) is 3.89. The number of likely N-dealkylation sites (tertiary alicyclic amines) is 1. The van der Waals surface area contributed by atoms with E-state index < -0.39 is 0 Å². The van der Waals surface area contributed by atoms with E-state index in [1.807, 2.05) is 53.4 Å². The Morgan fingerprint density at radius 1 is 1.00 bits per heavy atom. The third kappa shape index (κ3) is 4.47. The summed E-state index contributed by atoms with van der Waals surface area (Å²) in [6, 6.07) is 18.1. The molecule has 1 fully saturated rings. The van der Waals surface area contributed by atoms with E-state index in [-0.39, 0.29) is 5.91 Å². The van der Waals surface area contributed by atoms with Crippen LogP contribution < -0.4 is 5.32 Å². The molecule has 0 radical (unpaired) electrons. The Labute approximate surface area is 165 Å². The van der Waals surface area contributed by atoms with Crippen molar-refractivity contribution in [2.45, 2.75) is 25.7 Å². The van der Waals surface area contributed by atoms with Crippen LogP contribution in [-0.2, 0) is 11.2 Å². The van der Waals surface area contributed by atoms with Gasteiger partial charge in [0.25, 0.3) is 0 Å². The number of hydrogen-bond acceptors (Lipinski definition) is 4. The van der Waals surface area contributed by atoms with Crippen molar-refractivity contribution in [1.82, 2.24) is 14.9 Å². The van der Waals surface area contributed by atoms with Crippen LogP contribution in [0.4, 0.5) is 5.82 Å². The van der Waals surface area contributed by atoms with E-state index in [9.17, 15) is 4.79 Å². The SMILES string of the molecule is O=C(Cc1ccccc1)N1CCC(CCNc2ncnc3ccccc23)CC1. The molecule has 1 aromatic heterocycles. The summed E-state index contributed by atoms with van der Waals surface area (Å²) in [5, 5.41) is 4.53. The second kappa shape index (κ2) is 8.83. The summed E-state index contributed by atoms with van der Waals surface area (Å²) < 4.78 is 0. The Bertz CT molecular complexity index is 915. The maximum atomic E-state index is 12.5. The monoisotopic (exact) mass is 374 g/mol. The Morgan fingerprint density at radius 3 is 2.57 bits per heavy atom. The number of aromatic nitrogens is 2. The third-order valence-corrected chi connectivity index (χ3v) is 5.55. The second-order valence-corrected chi connectivity index (χ2v) is 7.44. The van der Waals surface area contributed by atoms with Gasteiger partial charge in [-0.3, -0.25) is 4.79 Å². The van der Waals surface area contributed by atoms with Gasteiger partial charge in [0.2, 0.25) is 5.91 Å². The molecule has 2 heterocycles. The minimum Gasteiger partial charge on any atom is -0.369 e. The number of carbonyl (C=O) groups excluding carboxylic acids is 1. The normalized spacial score (nSPS) is 14.9. The average Bonchev–Trinajstić information content (AvgIpc) is 2.75. The molecule has 0 unspecified atom stereocenters. The fourth-order valence-electron chi connectivity index (χ4n) is 3.89. The molecule has 1 aliphatic rings. The summed E-state index contributed by atoms with van der Waals surface area (Å²) in [4.78, 5) is 23.2. The average molecular weight is 374 g/mol. The molecule has 0 aliphatic carbocycles. The lowest BCUT2D eigenvalue weighted by Gasteiger charge is -2.32. The summed E-state index contributed by atoms with van der Waals surface area (Å²) in [5.41, 5.74) is 2.06. The van der Waals surface area contributed by atoms with E-state index in [0.717, 1.165) is 61.2 Å². The van der Waals surface area contributed by atoms with Crippen molar-refractivity contribution in [3.05, 3.63) is 66.5 Å². The van der Waals surface area contributed by atoms with E-state index in [1.165, 1.54) is 0 Å². The van der Waals surface area contributed by atoms with Gasteiger partial charge in [0, 0.05) is 25.0 Å². The van der Waals surface area contributed by atoms with Crippen molar-refractivity contribution in [3.8, 4) is 0 Å². The number of para-hydroxylation sites is 1. The number of nitrogens with one attached hydrogen (secondary N) is 1. The first-order chi connectivity index (χ1) is 13.8. The van der Waals surface area contributed by atoms with E-state index in [4.69, 9.17) is 0 Å². The molecule has 1 N–H and O–H groups in total. The van der Waals surface area contributed by atoms with Gasteiger partial charge in [-0.1, -0.05) is 42.5 Å². The van der Waals surface area contributed by atoms with E-state index in [2.05, 4.69) is 21.4 Å². The molecular formula is C23H26N4O. The zero-order valence-electron chi connectivity index (χ0n) is 16.1. The second-order valence-electron chi connectivity index (χ2n) is 7.44. The summed E-state index contributed by atoms with van der Waals surface area (Å²) in [7, 11) is 0.